The van der Waals surface area contributed by atoms with Crippen molar-refractivity contribution in [1.29, 1.82) is 0 Å². The van der Waals surface area contributed by atoms with E-state index in [0.717, 1.165) is 60.3 Å². The van der Waals surface area contributed by atoms with E-state index in [2.05, 4.69) is 22.0 Å². The van der Waals surface area contributed by atoms with E-state index < -0.39 is 0 Å². The molecular formula is C21H27N3O3S. The molecule has 6 nitrogen and oxygen atoms in total. The van der Waals surface area contributed by atoms with Crippen LogP contribution in [0.5, 0.6) is 0 Å². The van der Waals surface area contributed by atoms with Gasteiger partial charge in [-0.3, -0.25) is 14.5 Å². The Hall–Kier alpha value is -1.83. The van der Waals surface area contributed by atoms with E-state index in [1.165, 1.54) is 0 Å². The Kier molecular flexibility index (Phi) is 6.04. The second-order valence-corrected chi connectivity index (χ2v) is 8.41. The van der Waals surface area contributed by atoms with Gasteiger partial charge in [0.25, 0.3) is 11.5 Å². The van der Waals surface area contributed by atoms with Crippen LogP contribution in [0.1, 0.15) is 24.8 Å². The quantitative estimate of drug-likeness (QED) is 0.798. The minimum absolute atomic E-state index is 0.0257. The van der Waals surface area contributed by atoms with Crippen molar-refractivity contribution in [3.05, 3.63) is 40.2 Å². The highest BCUT2D eigenvalue weighted by Crippen LogP contribution is 2.21. The van der Waals surface area contributed by atoms with Gasteiger partial charge in [-0.1, -0.05) is 6.07 Å². The molecule has 2 aliphatic rings. The molecule has 0 spiro atoms. The number of hydrogen-bond donors (Lipinski definition) is 1. The summed E-state index contributed by atoms with van der Waals surface area (Å²) in [5.74, 6) is 0.132. The summed E-state index contributed by atoms with van der Waals surface area (Å²) < 4.78 is 5.55. The van der Waals surface area contributed by atoms with Crippen molar-refractivity contribution in [3.63, 3.8) is 0 Å². The molecule has 0 saturated carbocycles. The fourth-order valence-electron chi connectivity index (χ4n) is 4.04. The summed E-state index contributed by atoms with van der Waals surface area (Å²) in [6, 6.07) is 8.16. The van der Waals surface area contributed by atoms with Gasteiger partial charge in [0.15, 0.2) is 0 Å². The van der Waals surface area contributed by atoms with Gasteiger partial charge >= 0.3 is 0 Å². The zero-order chi connectivity index (χ0) is 19.5. The number of hydrogen-bond acceptors (Lipinski definition) is 5. The molecule has 1 atom stereocenters. The standard InChI is InChI=1S/C21H27N3O3S/c1-28-17-6-5-15-12-16(20(25)22-18(15)13-17)14-23-7-3-8-24(10-9-23)21(26)19-4-2-11-27-19/h5-6,12-13,19H,2-4,7-11,14H2,1H3,(H,22,25)/t19-/m0/s1. The van der Waals surface area contributed by atoms with E-state index in [4.69, 9.17) is 4.74 Å². The maximum atomic E-state index is 12.6. The molecule has 3 heterocycles. The number of nitrogens with one attached hydrogen (secondary N) is 1. The fraction of sp³-hybridized carbons (Fsp3) is 0.524. The molecule has 2 saturated heterocycles. The molecule has 4 rings (SSSR count). The molecule has 1 aromatic carbocycles. The molecular weight excluding hydrogens is 374 g/mol. The Morgan fingerprint density at radius 3 is 2.89 bits per heavy atom. The number of fused-ring (bicyclic) bond motifs is 1. The van der Waals surface area contributed by atoms with Crippen molar-refractivity contribution >= 4 is 28.6 Å². The highest BCUT2D eigenvalue weighted by molar-refractivity contribution is 7.98. The van der Waals surface area contributed by atoms with Crippen molar-refractivity contribution in [2.75, 3.05) is 39.0 Å². The molecule has 2 aromatic rings. The lowest BCUT2D eigenvalue weighted by Gasteiger charge is -2.24. The lowest BCUT2D eigenvalue weighted by Crippen LogP contribution is -2.41. The van der Waals surface area contributed by atoms with Gasteiger partial charge in [-0.25, -0.2) is 0 Å². The first-order chi connectivity index (χ1) is 13.6. The molecule has 1 aromatic heterocycles. The number of nitrogens with zero attached hydrogens (tertiary/aromatic N) is 2. The monoisotopic (exact) mass is 401 g/mol. The summed E-state index contributed by atoms with van der Waals surface area (Å²) in [4.78, 5) is 33.5. The first kappa shape index (κ1) is 19.5. The Morgan fingerprint density at radius 2 is 2.11 bits per heavy atom. The number of rotatable bonds is 4. The minimum atomic E-state index is -0.249. The number of H-pyrrole nitrogens is 1. The van der Waals surface area contributed by atoms with Crippen LogP contribution in [0.25, 0.3) is 10.9 Å². The molecule has 0 unspecified atom stereocenters. The van der Waals surface area contributed by atoms with Gasteiger partial charge in [0.05, 0.1) is 0 Å². The maximum absolute atomic E-state index is 12.6. The molecule has 150 valence electrons. The summed E-state index contributed by atoms with van der Waals surface area (Å²) in [6.07, 6.45) is 4.51. The molecule has 0 radical (unpaired) electrons. The normalized spacial score (nSPS) is 21.2. The van der Waals surface area contributed by atoms with Crippen molar-refractivity contribution in [1.82, 2.24) is 14.8 Å². The van der Waals surface area contributed by atoms with Crippen LogP contribution in [0.4, 0.5) is 0 Å². The number of pyridine rings is 1. The summed E-state index contributed by atoms with van der Waals surface area (Å²) in [7, 11) is 0. The summed E-state index contributed by atoms with van der Waals surface area (Å²) in [5.41, 5.74) is 1.63. The van der Waals surface area contributed by atoms with Crippen LogP contribution in [-0.2, 0) is 16.1 Å². The Balaban J connectivity index is 1.43. The zero-order valence-corrected chi connectivity index (χ0v) is 17.1. The van der Waals surface area contributed by atoms with Crippen LogP contribution in [0.15, 0.2) is 34.0 Å². The van der Waals surface area contributed by atoms with Crippen molar-refractivity contribution in [3.8, 4) is 0 Å². The third kappa shape index (κ3) is 4.26. The first-order valence-corrected chi connectivity index (χ1v) is 11.2. The van der Waals surface area contributed by atoms with Crippen LogP contribution in [0.3, 0.4) is 0 Å². The Labute approximate surface area is 169 Å². The summed E-state index contributed by atoms with van der Waals surface area (Å²) in [6.45, 7) is 4.43. The first-order valence-electron chi connectivity index (χ1n) is 9.97. The van der Waals surface area contributed by atoms with Crippen LogP contribution in [0.2, 0.25) is 0 Å². The van der Waals surface area contributed by atoms with Crippen LogP contribution >= 0.6 is 11.8 Å². The second-order valence-electron chi connectivity index (χ2n) is 7.53. The number of aromatic amines is 1. The molecule has 1 N–H and O–H groups in total. The molecule has 2 fully saturated rings. The number of thioether (sulfide) groups is 1. The topological polar surface area (TPSA) is 65.6 Å². The molecule has 0 bridgehead atoms. The lowest BCUT2D eigenvalue weighted by atomic mass is 10.1. The zero-order valence-electron chi connectivity index (χ0n) is 16.3. The highest BCUT2D eigenvalue weighted by atomic mass is 32.2. The molecule has 2 aliphatic heterocycles. The predicted octanol–water partition coefficient (Wildman–Crippen LogP) is 2.46. The number of benzene rings is 1. The smallest absolute Gasteiger partial charge is 0.252 e. The van der Waals surface area contributed by atoms with Gasteiger partial charge in [0, 0.05) is 55.3 Å². The third-order valence-corrected chi connectivity index (χ3v) is 6.35. The number of aromatic nitrogens is 1. The number of carbonyl (C=O) groups is 1. The van der Waals surface area contributed by atoms with Gasteiger partial charge in [-0.15, -0.1) is 11.8 Å². The highest BCUT2D eigenvalue weighted by Gasteiger charge is 2.29. The molecule has 28 heavy (non-hydrogen) atoms. The van der Waals surface area contributed by atoms with E-state index in [-0.39, 0.29) is 17.6 Å². The van der Waals surface area contributed by atoms with Crippen molar-refractivity contribution in [2.24, 2.45) is 0 Å². The van der Waals surface area contributed by atoms with E-state index in [0.29, 0.717) is 19.7 Å². The molecule has 0 aliphatic carbocycles. The lowest BCUT2D eigenvalue weighted by molar-refractivity contribution is -0.140. The van der Waals surface area contributed by atoms with Crippen LogP contribution in [0, 0.1) is 0 Å². The average Bonchev–Trinajstić information content (AvgIpc) is 3.14. The van der Waals surface area contributed by atoms with Gasteiger partial charge in [-0.05, 0) is 49.1 Å². The maximum Gasteiger partial charge on any atom is 0.252 e. The average molecular weight is 402 g/mol. The van der Waals surface area contributed by atoms with Crippen LogP contribution < -0.4 is 5.56 Å². The van der Waals surface area contributed by atoms with Gasteiger partial charge in [-0.2, -0.15) is 0 Å². The SMILES string of the molecule is CSc1ccc2cc(CN3CCCN(C(=O)[C@@H]4CCCO4)CC3)c(=O)[nH]c2c1. The van der Waals surface area contributed by atoms with Crippen molar-refractivity contribution in [2.45, 2.75) is 36.8 Å². The van der Waals surface area contributed by atoms with E-state index in [1.54, 1.807) is 11.8 Å². The summed E-state index contributed by atoms with van der Waals surface area (Å²) in [5, 5.41) is 1.05. The predicted molar refractivity (Wildman–Crippen MR) is 112 cm³/mol. The van der Waals surface area contributed by atoms with Gasteiger partial charge in [0.2, 0.25) is 0 Å². The second kappa shape index (κ2) is 8.68. The Bertz CT molecular complexity index is 907. The van der Waals surface area contributed by atoms with E-state index in [9.17, 15) is 9.59 Å². The fourth-order valence-corrected chi connectivity index (χ4v) is 4.48. The number of amides is 1. The number of carbonyl (C=O) groups excluding carboxylic acids is 1. The Morgan fingerprint density at radius 1 is 1.21 bits per heavy atom. The third-order valence-electron chi connectivity index (χ3n) is 5.63. The van der Waals surface area contributed by atoms with Crippen molar-refractivity contribution < 1.29 is 9.53 Å². The van der Waals surface area contributed by atoms with Crippen LogP contribution in [-0.4, -0.2) is 65.8 Å². The number of ether oxygens (including phenoxy) is 1. The van der Waals surface area contributed by atoms with E-state index in [1.807, 2.05) is 23.3 Å². The molecule has 1 amide bonds. The van der Waals surface area contributed by atoms with Gasteiger partial charge in [0.1, 0.15) is 6.10 Å². The van der Waals surface area contributed by atoms with E-state index >= 15 is 0 Å². The van der Waals surface area contributed by atoms with Gasteiger partial charge < -0.3 is 14.6 Å². The molecule has 7 heteroatoms. The largest absolute Gasteiger partial charge is 0.368 e. The summed E-state index contributed by atoms with van der Waals surface area (Å²) >= 11 is 1.66. The minimum Gasteiger partial charge on any atom is -0.368 e.